The Hall–Kier alpha value is -0.610. The summed E-state index contributed by atoms with van der Waals surface area (Å²) in [5.74, 6) is -0.213. The number of carbonyl (C=O) groups excluding carboxylic acids is 1. The summed E-state index contributed by atoms with van der Waals surface area (Å²) >= 11 is 0. The van der Waals surface area contributed by atoms with Crippen molar-refractivity contribution in [3.05, 3.63) is 0 Å². The maximum Gasteiger partial charge on any atom is 0.305 e. The zero-order valence-electron chi connectivity index (χ0n) is 15.3. The first kappa shape index (κ1) is 22.4. The highest BCUT2D eigenvalue weighted by Gasteiger charge is 2.15. The normalized spacial score (nSPS) is 13.7. The van der Waals surface area contributed by atoms with Gasteiger partial charge >= 0.3 is 5.97 Å². The van der Waals surface area contributed by atoms with Crippen LogP contribution in [-0.2, 0) is 9.53 Å². The van der Waals surface area contributed by atoms with Gasteiger partial charge in [0.2, 0.25) is 0 Å². The smallest absolute Gasteiger partial charge is 0.305 e. The predicted octanol–water partition coefficient (Wildman–Crippen LogP) is 4.36. The maximum atomic E-state index is 11.0. The number of hydrogen-bond donors (Lipinski definition) is 2. The number of carbonyl (C=O) groups is 1. The van der Waals surface area contributed by atoms with Gasteiger partial charge in [0.05, 0.1) is 19.3 Å². The van der Waals surface area contributed by atoms with E-state index in [1.807, 2.05) is 0 Å². The summed E-state index contributed by atoms with van der Waals surface area (Å²) in [6, 6.07) is 0. The molecule has 0 heterocycles. The van der Waals surface area contributed by atoms with Crippen molar-refractivity contribution in [2.75, 3.05) is 7.11 Å². The minimum Gasteiger partial charge on any atom is -0.469 e. The van der Waals surface area contributed by atoms with E-state index in [4.69, 9.17) is 0 Å². The van der Waals surface area contributed by atoms with Crippen LogP contribution < -0.4 is 0 Å². The number of ether oxygens (including phenoxy) is 1. The molecule has 138 valence electrons. The van der Waals surface area contributed by atoms with Crippen molar-refractivity contribution in [3.8, 4) is 0 Å². The average Bonchev–Trinajstić information content (AvgIpc) is 2.56. The minimum atomic E-state index is -0.665. The molecular formula is C19H38O4. The summed E-state index contributed by atoms with van der Waals surface area (Å²) in [6.45, 7) is 2.23. The molecule has 0 aromatic heterocycles. The molecule has 0 radical (unpaired) electrons. The highest BCUT2D eigenvalue weighted by atomic mass is 16.5. The van der Waals surface area contributed by atoms with E-state index < -0.39 is 12.2 Å². The second kappa shape index (κ2) is 16.3. The van der Waals surface area contributed by atoms with E-state index in [1.165, 1.54) is 52.1 Å². The van der Waals surface area contributed by atoms with Gasteiger partial charge in [0.15, 0.2) is 0 Å². The number of unbranched alkanes of at least 4 members (excludes halogenated alkanes) is 9. The Kier molecular flexibility index (Phi) is 15.8. The van der Waals surface area contributed by atoms with Crippen LogP contribution in [-0.4, -0.2) is 35.5 Å². The molecule has 0 aromatic rings. The van der Waals surface area contributed by atoms with E-state index >= 15 is 0 Å². The summed E-state index contributed by atoms with van der Waals surface area (Å²) in [5.41, 5.74) is 0. The largest absolute Gasteiger partial charge is 0.469 e. The second-order valence-corrected chi connectivity index (χ2v) is 6.57. The third kappa shape index (κ3) is 14.7. The molecule has 0 saturated carbocycles. The number of methoxy groups -OCH3 is 1. The van der Waals surface area contributed by atoms with Gasteiger partial charge in [-0.25, -0.2) is 0 Å². The lowest BCUT2D eigenvalue weighted by Gasteiger charge is -2.17. The van der Waals surface area contributed by atoms with E-state index in [0.29, 0.717) is 25.7 Å². The molecule has 0 aromatic carbocycles. The van der Waals surface area contributed by atoms with Crippen molar-refractivity contribution < 1.29 is 19.7 Å². The van der Waals surface area contributed by atoms with Crippen LogP contribution in [0.1, 0.15) is 96.8 Å². The molecule has 0 unspecified atom stereocenters. The molecule has 0 aliphatic rings. The standard InChI is InChI=1S/C19H38O4/c1-3-4-5-6-7-8-9-10-11-14-17(20)18(21)15-12-13-16-19(22)23-2/h17-18,20-21H,3-16H2,1-2H3/t17-,18-/m0/s1. The number of rotatable bonds is 16. The maximum absolute atomic E-state index is 11.0. The third-order valence-electron chi connectivity index (χ3n) is 4.41. The van der Waals surface area contributed by atoms with E-state index in [9.17, 15) is 15.0 Å². The fraction of sp³-hybridized carbons (Fsp3) is 0.947. The van der Waals surface area contributed by atoms with Crippen LogP contribution in [0.25, 0.3) is 0 Å². The minimum absolute atomic E-state index is 0.213. The van der Waals surface area contributed by atoms with Gasteiger partial charge in [-0.05, 0) is 19.3 Å². The zero-order chi connectivity index (χ0) is 17.3. The second-order valence-electron chi connectivity index (χ2n) is 6.57. The van der Waals surface area contributed by atoms with Gasteiger partial charge in [-0.3, -0.25) is 4.79 Å². The van der Waals surface area contributed by atoms with Crippen LogP contribution >= 0.6 is 0 Å². The molecule has 0 fully saturated rings. The van der Waals surface area contributed by atoms with Crippen LogP contribution in [0.15, 0.2) is 0 Å². The van der Waals surface area contributed by atoms with E-state index in [1.54, 1.807) is 0 Å². The van der Waals surface area contributed by atoms with Crippen molar-refractivity contribution >= 4 is 5.97 Å². The van der Waals surface area contributed by atoms with E-state index in [-0.39, 0.29) is 5.97 Å². The highest BCUT2D eigenvalue weighted by Crippen LogP contribution is 2.15. The molecule has 2 N–H and O–H groups in total. The predicted molar refractivity (Wildman–Crippen MR) is 94.3 cm³/mol. The number of hydrogen-bond acceptors (Lipinski definition) is 4. The summed E-state index contributed by atoms with van der Waals surface area (Å²) in [5, 5.41) is 19.8. The number of aliphatic hydroxyl groups excluding tert-OH is 2. The third-order valence-corrected chi connectivity index (χ3v) is 4.41. The van der Waals surface area contributed by atoms with Crippen molar-refractivity contribution in [2.24, 2.45) is 0 Å². The molecular weight excluding hydrogens is 292 g/mol. The molecule has 23 heavy (non-hydrogen) atoms. The van der Waals surface area contributed by atoms with Gasteiger partial charge in [-0.1, -0.05) is 71.1 Å². The van der Waals surface area contributed by atoms with Gasteiger partial charge < -0.3 is 14.9 Å². The Labute approximate surface area is 142 Å². The van der Waals surface area contributed by atoms with Gasteiger partial charge in [0.25, 0.3) is 0 Å². The Morgan fingerprint density at radius 3 is 1.70 bits per heavy atom. The first-order valence-corrected chi connectivity index (χ1v) is 9.54. The van der Waals surface area contributed by atoms with Crippen LogP contribution in [0.3, 0.4) is 0 Å². The average molecular weight is 331 g/mol. The molecule has 2 atom stereocenters. The lowest BCUT2D eigenvalue weighted by Crippen LogP contribution is -2.25. The lowest BCUT2D eigenvalue weighted by atomic mass is 10.00. The molecule has 4 nitrogen and oxygen atoms in total. The van der Waals surface area contributed by atoms with Crippen molar-refractivity contribution in [1.82, 2.24) is 0 Å². The highest BCUT2D eigenvalue weighted by molar-refractivity contribution is 5.68. The Morgan fingerprint density at radius 2 is 1.22 bits per heavy atom. The molecule has 0 amide bonds. The monoisotopic (exact) mass is 330 g/mol. The molecule has 0 aliphatic heterocycles. The lowest BCUT2D eigenvalue weighted by molar-refractivity contribution is -0.140. The molecule has 0 aliphatic carbocycles. The van der Waals surface area contributed by atoms with Crippen LogP contribution in [0.4, 0.5) is 0 Å². The molecule has 0 bridgehead atoms. The SMILES string of the molecule is CCCCCCCCCCC[C@H](O)[C@@H](O)CCCCC(=O)OC. The molecule has 4 heteroatoms. The van der Waals surface area contributed by atoms with Crippen LogP contribution in [0.2, 0.25) is 0 Å². The topological polar surface area (TPSA) is 66.8 Å². The van der Waals surface area contributed by atoms with Gasteiger partial charge in [0.1, 0.15) is 0 Å². The fourth-order valence-electron chi connectivity index (χ4n) is 2.77. The summed E-state index contributed by atoms with van der Waals surface area (Å²) in [6.07, 6.45) is 13.1. The first-order chi connectivity index (χ1) is 11.1. The molecule has 0 rings (SSSR count). The Balaban J connectivity index is 3.40. The Bertz CT molecular complexity index is 268. The van der Waals surface area contributed by atoms with Crippen LogP contribution in [0, 0.1) is 0 Å². The number of aliphatic hydroxyl groups is 2. The van der Waals surface area contributed by atoms with Gasteiger partial charge in [-0.2, -0.15) is 0 Å². The van der Waals surface area contributed by atoms with Gasteiger partial charge in [-0.15, -0.1) is 0 Å². The van der Waals surface area contributed by atoms with Gasteiger partial charge in [0, 0.05) is 6.42 Å². The molecule has 0 spiro atoms. The van der Waals surface area contributed by atoms with Crippen molar-refractivity contribution in [2.45, 2.75) is 109 Å². The Morgan fingerprint density at radius 1 is 0.783 bits per heavy atom. The molecule has 0 saturated heterocycles. The summed E-state index contributed by atoms with van der Waals surface area (Å²) in [4.78, 5) is 11.0. The first-order valence-electron chi connectivity index (χ1n) is 9.54. The zero-order valence-corrected chi connectivity index (χ0v) is 15.3. The summed E-state index contributed by atoms with van der Waals surface area (Å²) in [7, 11) is 1.38. The summed E-state index contributed by atoms with van der Waals surface area (Å²) < 4.78 is 4.57. The van der Waals surface area contributed by atoms with Crippen molar-refractivity contribution in [3.63, 3.8) is 0 Å². The van der Waals surface area contributed by atoms with E-state index in [0.717, 1.165) is 19.3 Å². The van der Waals surface area contributed by atoms with Crippen LogP contribution in [0.5, 0.6) is 0 Å². The quantitative estimate of drug-likeness (QED) is 0.326. The van der Waals surface area contributed by atoms with Crippen molar-refractivity contribution in [1.29, 1.82) is 0 Å². The number of esters is 1. The fourth-order valence-corrected chi connectivity index (χ4v) is 2.77. The van der Waals surface area contributed by atoms with E-state index in [2.05, 4.69) is 11.7 Å².